The van der Waals surface area contributed by atoms with Crippen molar-refractivity contribution in [2.24, 2.45) is 0 Å². The van der Waals surface area contributed by atoms with Gasteiger partial charge in [0.05, 0.1) is 18.8 Å². The Labute approximate surface area is 127 Å². The predicted octanol–water partition coefficient (Wildman–Crippen LogP) is 3.66. The van der Waals surface area contributed by atoms with E-state index in [1.54, 1.807) is 0 Å². The molecule has 21 heavy (non-hydrogen) atoms. The van der Waals surface area contributed by atoms with Gasteiger partial charge in [-0.1, -0.05) is 26.3 Å². The van der Waals surface area contributed by atoms with E-state index in [-0.39, 0.29) is 6.04 Å². The molecule has 1 aromatic carbocycles. The second-order valence-electron chi connectivity index (χ2n) is 5.55. The number of ether oxygens (including phenoxy) is 3. The highest BCUT2D eigenvalue weighted by molar-refractivity contribution is 5.45. The maximum atomic E-state index is 5.98. The zero-order valence-electron chi connectivity index (χ0n) is 13.4. The molecule has 4 nitrogen and oxygen atoms in total. The van der Waals surface area contributed by atoms with Crippen molar-refractivity contribution in [1.29, 1.82) is 0 Å². The van der Waals surface area contributed by atoms with Crippen molar-refractivity contribution >= 4 is 0 Å². The Balaban J connectivity index is 2.00. The van der Waals surface area contributed by atoms with Crippen molar-refractivity contribution in [3.63, 3.8) is 0 Å². The third kappa shape index (κ3) is 4.61. The molecule has 0 spiro atoms. The van der Waals surface area contributed by atoms with Crippen LogP contribution < -0.4 is 14.8 Å². The molecule has 4 heteroatoms. The van der Waals surface area contributed by atoms with E-state index in [2.05, 4.69) is 38.2 Å². The van der Waals surface area contributed by atoms with E-state index in [1.807, 2.05) is 6.07 Å². The monoisotopic (exact) mass is 293 g/mol. The summed E-state index contributed by atoms with van der Waals surface area (Å²) in [6.07, 6.45) is 3.65. The van der Waals surface area contributed by atoms with Crippen LogP contribution in [0.1, 0.15) is 51.6 Å². The molecule has 0 fully saturated rings. The number of fused-ring (bicyclic) bond motifs is 1. The van der Waals surface area contributed by atoms with Crippen molar-refractivity contribution < 1.29 is 14.2 Å². The minimum atomic E-state index is 0.193. The SMILES string of the molecule is CCCNC(COC(C)CCC)c1ccc2c(c1)OCO2. The van der Waals surface area contributed by atoms with E-state index < -0.39 is 0 Å². The molecule has 1 aliphatic rings. The molecule has 0 amide bonds. The van der Waals surface area contributed by atoms with Crippen LogP contribution in [0.15, 0.2) is 18.2 Å². The molecule has 0 saturated heterocycles. The van der Waals surface area contributed by atoms with Crippen LogP contribution in [0.2, 0.25) is 0 Å². The van der Waals surface area contributed by atoms with Gasteiger partial charge in [0.15, 0.2) is 11.5 Å². The number of hydrogen-bond acceptors (Lipinski definition) is 4. The van der Waals surface area contributed by atoms with Crippen LogP contribution in [0.4, 0.5) is 0 Å². The fourth-order valence-corrected chi connectivity index (χ4v) is 2.47. The number of benzene rings is 1. The first-order valence-corrected chi connectivity index (χ1v) is 7.99. The maximum Gasteiger partial charge on any atom is 0.231 e. The van der Waals surface area contributed by atoms with Crippen LogP contribution in [0.25, 0.3) is 0 Å². The maximum absolute atomic E-state index is 5.98. The Morgan fingerprint density at radius 2 is 2.00 bits per heavy atom. The van der Waals surface area contributed by atoms with Crippen molar-refractivity contribution in [3.05, 3.63) is 23.8 Å². The molecule has 0 bridgehead atoms. The number of nitrogens with one attached hydrogen (secondary N) is 1. The Kier molecular flexibility index (Phi) is 6.33. The van der Waals surface area contributed by atoms with Gasteiger partial charge >= 0.3 is 0 Å². The van der Waals surface area contributed by atoms with Crippen LogP contribution in [0, 0.1) is 0 Å². The lowest BCUT2D eigenvalue weighted by Gasteiger charge is -2.22. The fraction of sp³-hybridized carbons (Fsp3) is 0.647. The largest absolute Gasteiger partial charge is 0.454 e. The topological polar surface area (TPSA) is 39.7 Å². The summed E-state index contributed by atoms with van der Waals surface area (Å²) in [7, 11) is 0. The Morgan fingerprint density at radius 3 is 2.76 bits per heavy atom. The highest BCUT2D eigenvalue weighted by Gasteiger charge is 2.18. The highest BCUT2D eigenvalue weighted by atomic mass is 16.7. The summed E-state index contributed by atoms with van der Waals surface area (Å²) in [5.41, 5.74) is 1.19. The standard InChI is InChI=1S/C17H27NO3/c1-4-6-13(3)19-11-15(18-9-5-2)14-7-8-16-17(10-14)21-12-20-16/h7-8,10,13,15,18H,4-6,9,11-12H2,1-3H3. The van der Waals surface area contributed by atoms with Crippen molar-refractivity contribution in [2.45, 2.75) is 52.2 Å². The molecule has 1 heterocycles. The first-order chi connectivity index (χ1) is 10.2. The zero-order chi connectivity index (χ0) is 15.1. The minimum absolute atomic E-state index is 0.193. The first-order valence-electron chi connectivity index (χ1n) is 7.99. The molecule has 0 radical (unpaired) electrons. The Hall–Kier alpha value is -1.26. The minimum Gasteiger partial charge on any atom is -0.454 e. The van der Waals surface area contributed by atoms with Crippen molar-refractivity contribution in [1.82, 2.24) is 5.32 Å². The van der Waals surface area contributed by atoms with E-state index in [0.717, 1.165) is 37.3 Å². The van der Waals surface area contributed by atoms with E-state index in [0.29, 0.717) is 19.5 Å². The molecular weight excluding hydrogens is 266 g/mol. The normalized spacial score (nSPS) is 16.0. The van der Waals surface area contributed by atoms with Gasteiger partial charge in [-0.25, -0.2) is 0 Å². The summed E-state index contributed by atoms with van der Waals surface area (Å²) in [6, 6.07) is 6.32. The molecule has 0 saturated carbocycles. The average Bonchev–Trinajstić information content (AvgIpc) is 2.95. The van der Waals surface area contributed by atoms with E-state index in [1.165, 1.54) is 5.56 Å². The summed E-state index contributed by atoms with van der Waals surface area (Å²) < 4.78 is 16.8. The lowest BCUT2D eigenvalue weighted by Crippen LogP contribution is -2.28. The summed E-state index contributed by atoms with van der Waals surface area (Å²) in [4.78, 5) is 0. The van der Waals surface area contributed by atoms with Gasteiger partial charge in [-0.2, -0.15) is 0 Å². The summed E-state index contributed by atoms with van der Waals surface area (Å²) in [5.74, 6) is 1.66. The number of hydrogen-bond donors (Lipinski definition) is 1. The summed E-state index contributed by atoms with van der Waals surface area (Å²) >= 11 is 0. The van der Waals surface area contributed by atoms with Gasteiger partial charge < -0.3 is 19.5 Å². The number of rotatable bonds is 9. The molecule has 1 aliphatic heterocycles. The average molecular weight is 293 g/mol. The summed E-state index contributed by atoms with van der Waals surface area (Å²) in [6.45, 7) is 8.47. The molecule has 0 aromatic heterocycles. The quantitative estimate of drug-likeness (QED) is 0.754. The van der Waals surface area contributed by atoms with E-state index in [4.69, 9.17) is 14.2 Å². The molecule has 2 unspecified atom stereocenters. The summed E-state index contributed by atoms with van der Waals surface area (Å²) in [5, 5.41) is 3.55. The molecule has 2 rings (SSSR count). The molecule has 2 atom stereocenters. The third-order valence-corrected chi connectivity index (χ3v) is 3.68. The molecular formula is C17H27NO3. The molecule has 1 aromatic rings. The van der Waals surface area contributed by atoms with Crippen LogP contribution in [-0.4, -0.2) is 26.0 Å². The molecule has 1 N–H and O–H groups in total. The van der Waals surface area contributed by atoms with E-state index >= 15 is 0 Å². The zero-order valence-corrected chi connectivity index (χ0v) is 13.4. The van der Waals surface area contributed by atoms with Gasteiger partial charge in [0.25, 0.3) is 0 Å². The lowest BCUT2D eigenvalue weighted by molar-refractivity contribution is 0.0440. The van der Waals surface area contributed by atoms with Gasteiger partial charge in [-0.15, -0.1) is 0 Å². The first kappa shape index (κ1) is 16.1. The van der Waals surface area contributed by atoms with Crippen LogP contribution in [0.3, 0.4) is 0 Å². The fourth-order valence-electron chi connectivity index (χ4n) is 2.47. The third-order valence-electron chi connectivity index (χ3n) is 3.68. The van der Waals surface area contributed by atoms with E-state index in [9.17, 15) is 0 Å². The predicted molar refractivity (Wildman–Crippen MR) is 83.9 cm³/mol. The highest BCUT2D eigenvalue weighted by Crippen LogP contribution is 2.34. The van der Waals surface area contributed by atoms with Crippen molar-refractivity contribution in [3.8, 4) is 11.5 Å². The Morgan fingerprint density at radius 1 is 1.19 bits per heavy atom. The molecule has 118 valence electrons. The van der Waals surface area contributed by atoms with Crippen LogP contribution in [-0.2, 0) is 4.74 Å². The smallest absolute Gasteiger partial charge is 0.231 e. The second kappa shape index (κ2) is 8.25. The lowest BCUT2D eigenvalue weighted by atomic mass is 10.1. The second-order valence-corrected chi connectivity index (χ2v) is 5.55. The van der Waals surface area contributed by atoms with Gasteiger partial charge in [-0.3, -0.25) is 0 Å². The van der Waals surface area contributed by atoms with Gasteiger partial charge in [-0.05, 0) is 44.0 Å². The van der Waals surface area contributed by atoms with Crippen LogP contribution in [0.5, 0.6) is 11.5 Å². The van der Waals surface area contributed by atoms with Crippen molar-refractivity contribution in [2.75, 3.05) is 19.9 Å². The van der Waals surface area contributed by atoms with Gasteiger partial charge in [0, 0.05) is 0 Å². The molecule has 0 aliphatic carbocycles. The van der Waals surface area contributed by atoms with Gasteiger partial charge in [0.1, 0.15) is 0 Å². The van der Waals surface area contributed by atoms with Crippen LogP contribution >= 0.6 is 0 Å². The van der Waals surface area contributed by atoms with Gasteiger partial charge in [0.2, 0.25) is 6.79 Å². The Bertz CT molecular complexity index is 436.